The van der Waals surface area contributed by atoms with Crippen molar-refractivity contribution in [1.82, 2.24) is 9.97 Å². The number of hydrazine groups is 1. The van der Waals surface area contributed by atoms with Crippen LogP contribution >= 0.6 is 0 Å². The lowest BCUT2D eigenvalue weighted by molar-refractivity contribution is -0.383. The monoisotopic (exact) mass is 318 g/mol. The molecule has 2 rings (SSSR count). The molecule has 0 spiro atoms. The van der Waals surface area contributed by atoms with E-state index in [1.165, 1.54) is 6.33 Å². The van der Waals surface area contributed by atoms with Crippen LogP contribution in [0.15, 0.2) is 36.7 Å². The van der Waals surface area contributed by atoms with Crippen LogP contribution in [0.25, 0.3) is 0 Å². The largest absolute Gasteiger partial charge is 0.395 e. The third-order valence-electron chi connectivity index (χ3n) is 3.14. The number of nitrogens with zero attached hydrogens (tertiary/aromatic N) is 4. The lowest BCUT2D eigenvalue weighted by atomic mass is 10.3. The molecule has 0 unspecified atom stereocenters. The molecule has 122 valence electrons. The first-order valence-corrected chi connectivity index (χ1v) is 7.09. The summed E-state index contributed by atoms with van der Waals surface area (Å²) < 4.78 is 0. The van der Waals surface area contributed by atoms with Gasteiger partial charge in [0.25, 0.3) is 0 Å². The number of likely N-dealkylation sites (N-methyl/N-ethyl adjacent to an activating group) is 1. The van der Waals surface area contributed by atoms with E-state index in [1.807, 2.05) is 37.3 Å². The molecule has 1 heterocycles. The second-order valence-corrected chi connectivity index (χ2v) is 4.57. The van der Waals surface area contributed by atoms with Crippen LogP contribution in [0.1, 0.15) is 6.92 Å². The highest BCUT2D eigenvalue weighted by Crippen LogP contribution is 2.31. The highest BCUT2D eigenvalue weighted by atomic mass is 16.6. The van der Waals surface area contributed by atoms with Crippen LogP contribution in [0, 0.1) is 10.1 Å². The number of aromatic nitrogens is 2. The zero-order valence-corrected chi connectivity index (χ0v) is 12.6. The third-order valence-corrected chi connectivity index (χ3v) is 3.14. The quantitative estimate of drug-likeness (QED) is 0.497. The van der Waals surface area contributed by atoms with Crippen molar-refractivity contribution in [2.24, 2.45) is 0 Å². The maximum atomic E-state index is 11.4. The lowest BCUT2D eigenvalue weighted by Gasteiger charge is -2.21. The second-order valence-electron chi connectivity index (χ2n) is 4.57. The zero-order chi connectivity index (χ0) is 16.7. The van der Waals surface area contributed by atoms with Gasteiger partial charge in [0.05, 0.1) is 17.2 Å². The summed E-state index contributed by atoms with van der Waals surface area (Å²) in [4.78, 5) is 20.5. The van der Waals surface area contributed by atoms with Gasteiger partial charge in [-0.1, -0.05) is 18.2 Å². The van der Waals surface area contributed by atoms with Crippen LogP contribution in [-0.4, -0.2) is 39.7 Å². The van der Waals surface area contributed by atoms with Crippen molar-refractivity contribution in [3.63, 3.8) is 0 Å². The summed E-state index contributed by atoms with van der Waals surface area (Å²) >= 11 is 0. The van der Waals surface area contributed by atoms with Gasteiger partial charge in [0.2, 0.25) is 11.6 Å². The molecule has 23 heavy (non-hydrogen) atoms. The molecule has 0 saturated carbocycles. The van der Waals surface area contributed by atoms with Crippen LogP contribution in [0.2, 0.25) is 0 Å². The Labute approximate surface area is 133 Å². The SMILES string of the molecule is CCN(CCO)c1ncnc(NNc2ccccc2)c1[N+](=O)[O-]. The Balaban J connectivity index is 2.30. The standard InChI is InChI=1S/C14H18N6O3/c1-2-19(8-9-21)14-12(20(22)23)13(15-10-16-14)18-17-11-6-4-3-5-7-11/h3-7,10,17,21H,2,8-9H2,1H3,(H,15,16,18). The summed E-state index contributed by atoms with van der Waals surface area (Å²) in [7, 11) is 0. The molecule has 2 aromatic rings. The summed E-state index contributed by atoms with van der Waals surface area (Å²) in [5.74, 6) is 0.221. The maximum Gasteiger partial charge on any atom is 0.355 e. The zero-order valence-electron chi connectivity index (χ0n) is 12.6. The van der Waals surface area contributed by atoms with Gasteiger partial charge in [-0.05, 0) is 19.1 Å². The molecule has 3 N–H and O–H groups in total. The summed E-state index contributed by atoms with van der Waals surface area (Å²) in [5, 5.41) is 20.5. The normalized spacial score (nSPS) is 10.2. The number of aliphatic hydroxyl groups excluding tert-OH is 1. The predicted octanol–water partition coefficient (Wildman–Crippen LogP) is 1.64. The first-order chi connectivity index (χ1) is 11.2. The molecule has 0 fully saturated rings. The molecule has 9 nitrogen and oxygen atoms in total. The molecule has 0 radical (unpaired) electrons. The van der Waals surface area contributed by atoms with Gasteiger partial charge < -0.3 is 10.0 Å². The summed E-state index contributed by atoms with van der Waals surface area (Å²) in [5.41, 5.74) is 6.10. The number of benzene rings is 1. The predicted molar refractivity (Wildman–Crippen MR) is 87.3 cm³/mol. The van der Waals surface area contributed by atoms with E-state index < -0.39 is 4.92 Å². The van der Waals surface area contributed by atoms with E-state index in [0.717, 1.165) is 5.69 Å². The van der Waals surface area contributed by atoms with E-state index in [-0.39, 0.29) is 30.5 Å². The Morgan fingerprint density at radius 2 is 2.00 bits per heavy atom. The number of aliphatic hydroxyl groups is 1. The molecule has 1 aromatic carbocycles. The van der Waals surface area contributed by atoms with Crippen molar-refractivity contribution in [2.75, 3.05) is 35.4 Å². The minimum Gasteiger partial charge on any atom is -0.395 e. The average molecular weight is 318 g/mol. The highest BCUT2D eigenvalue weighted by Gasteiger charge is 2.26. The van der Waals surface area contributed by atoms with Gasteiger partial charge in [-0.2, -0.15) is 0 Å². The van der Waals surface area contributed by atoms with E-state index in [9.17, 15) is 10.1 Å². The van der Waals surface area contributed by atoms with Gasteiger partial charge in [-0.25, -0.2) is 9.97 Å². The Morgan fingerprint density at radius 3 is 2.61 bits per heavy atom. The van der Waals surface area contributed by atoms with Gasteiger partial charge in [0.15, 0.2) is 0 Å². The number of para-hydroxylation sites is 1. The van der Waals surface area contributed by atoms with E-state index in [4.69, 9.17) is 5.11 Å². The Kier molecular flexibility index (Phi) is 5.64. The lowest BCUT2D eigenvalue weighted by Crippen LogP contribution is -2.28. The first kappa shape index (κ1) is 16.4. The number of hydrogen-bond acceptors (Lipinski definition) is 8. The molecular formula is C14H18N6O3. The molecule has 0 aliphatic heterocycles. The molecule has 0 aliphatic rings. The summed E-state index contributed by atoms with van der Waals surface area (Å²) in [6, 6.07) is 9.16. The number of nitrogens with one attached hydrogen (secondary N) is 2. The fourth-order valence-corrected chi connectivity index (χ4v) is 2.05. The van der Waals surface area contributed by atoms with Crippen molar-refractivity contribution < 1.29 is 10.0 Å². The fraction of sp³-hybridized carbons (Fsp3) is 0.286. The van der Waals surface area contributed by atoms with Crippen LogP contribution < -0.4 is 15.8 Å². The van der Waals surface area contributed by atoms with Gasteiger partial charge in [-0.15, -0.1) is 0 Å². The third kappa shape index (κ3) is 4.04. The molecule has 0 saturated heterocycles. The summed E-state index contributed by atoms with van der Waals surface area (Å²) in [6.45, 7) is 2.43. The molecule has 0 bridgehead atoms. The van der Waals surface area contributed by atoms with Gasteiger partial charge in [0, 0.05) is 13.1 Å². The van der Waals surface area contributed by atoms with Crippen LogP contribution in [0.3, 0.4) is 0 Å². The minimum atomic E-state index is -0.537. The Bertz CT molecular complexity index is 652. The van der Waals surface area contributed by atoms with Crippen molar-refractivity contribution in [2.45, 2.75) is 6.92 Å². The molecule has 1 aromatic heterocycles. The first-order valence-electron chi connectivity index (χ1n) is 7.09. The number of rotatable bonds is 8. The highest BCUT2D eigenvalue weighted by molar-refractivity contribution is 5.71. The molecular weight excluding hydrogens is 300 g/mol. The van der Waals surface area contributed by atoms with Crippen molar-refractivity contribution in [3.05, 3.63) is 46.8 Å². The molecule has 0 aliphatic carbocycles. The van der Waals surface area contributed by atoms with Crippen molar-refractivity contribution in [1.29, 1.82) is 0 Å². The van der Waals surface area contributed by atoms with Crippen LogP contribution in [0.5, 0.6) is 0 Å². The topological polar surface area (TPSA) is 116 Å². The van der Waals surface area contributed by atoms with E-state index in [2.05, 4.69) is 20.8 Å². The number of nitro groups is 1. The Hall–Kier alpha value is -2.94. The maximum absolute atomic E-state index is 11.4. The summed E-state index contributed by atoms with van der Waals surface area (Å²) in [6.07, 6.45) is 1.25. The van der Waals surface area contributed by atoms with Gasteiger partial charge >= 0.3 is 5.69 Å². The smallest absolute Gasteiger partial charge is 0.355 e. The molecule has 0 amide bonds. The van der Waals surface area contributed by atoms with E-state index in [1.54, 1.807) is 4.90 Å². The van der Waals surface area contributed by atoms with Crippen molar-refractivity contribution in [3.8, 4) is 0 Å². The van der Waals surface area contributed by atoms with E-state index >= 15 is 0 Å². The van der Waals surface area contributed by atoms with Crippen LogP contribution in [0.4, 0.5) is 23.0 Å². The second kappa shape index (κ2) is 7.90. The van der Waals surface area contributed by atoms with Crippen molar-refractivity contribution >= 4 is 23.0 Å². The minimum absolute atomic E-state index is 0.0558. The van der Waals surface area contributed by atoms with Gasteiger partial charge in [0.1, 0.15) is 6.33 Å². The van der Waals surface area contributed by atoms with E-state index in [0.29, 0.717) is 6.54 Å². The number of anilines is 3. The number of hydrogen-bond donors (Lipinski definition) is 3. The molecule has 9 heteroatoms. The average Bonchev–Trinajstić information content (AvgIpc) is 2.58. The fourth-order valence-electron chi connectivity index (χ4n) is 2.05. The Morgan fingerprint density at radius 1 is 1.26 bits per heavy atom. The van der Waals surface area contributed by atoms with Crippen LogP contribution in [-0.2, 0) is 0 Å². The molecule has 0 atom stereocenters. The van der Waals surface area contributed by atoms with Gasteiger partial charge in [-0.3, -0.25) is 21.0 Å².